The second-order valence-corrected chi connectivity index (χ2v) is 6.58. The minimum atomic E-state index is -0.471. The highest BCUT2D eigenvalue weighted by Gasteiger charge is 2.38. The van der Waals surface area contributed by atoms with E-state index in [1.807, 2.05) is 32.6 Å². The average Bonchev–Trinajstić information content (AvgIpc) is 3.09. The first kappa shape index (κ1) is 14.2. The number of amides is 2. The number of nitrogens with zero attached hydrogens (tertiary/aromatic N) is 2. The maximum atomic E-state index is 12.1. The van der Waals surface area contributed by atoms with Crippen LogP contribution in [-0.4, -0.2) is 53.1 Å². The van der Waals surface area contributed by atoms with Gasteiger partial charge in [0.15, 0.2) is 0 Å². The van der Waals surface area contributed by atoms with E-state index in [1.165, 1.54) is 0 Å². The summed E-state index contributed by atoms with van der Waals surface area (Å²) in [5.74, 6) is 0.506. The molecule has 1 aliphatic heterocycles. The number of piperazine rings is 1. The second kappa shape index (κ2) is 5.02. The fraction of sp³-hybridized carbons (Fsp3) is 0.857. The summed E-state index contributed by atoms with van der Waals surface area (Å²) >= 11 is 0. The van der Waals surface area contributed by atoms with Crippen LogP contribution in [0.3, 0.4) is 0 Å². The van der Waals surface area contributed by atoms with Crippen molar-refractivity contribution in [2.75, 3.05) is 19.6 Å². The first-order valence-electron chi connectivity index (χ1n) is 7.06. The van der Waals surface area contributed by atoms with Gasteiger partial charge in [-0.3, -0.25) is 4.79 Å². The summed E-state index contributed by atoms with van der Waals surface area (Å²) in [5, 5.41) is 0. The first-order chi connectivity index (χ1) is 8.78. The summed E-state index contributed by atoms with van der Waals surface area (Å²) in [5.41, 5.74) is -0.471. The third-order valence-corrected chi connectivity index (χ3v) is 3.49. The lowest BCUT2D eigenvalue weighted by molar-refractivity contribution is -0.137. The number of rotatable bonds is 1. The lowest BCUT2D eigenvalue weighted by atomic mass is 10.1. The zero-order valence-electron chi connectivity index (χ0n) is 12.3. The molecule has 1 saturated heterocycles. The molecule has 1 saturated carbocycles. The van der Waals surface area contributed by atoms with Crippen LogP contribution in [-0.2, 0) is 9.53 Å². The van der Waals surface area contributed by atoms with E-state index in [-0.39, 0.29) is 24.0 Å². The molecule has 0 bridgehead atoms. The Hall–Kier alpha value is -1.26. The van der Waals surface area contributed by atoms with E-state index in [9.17, 15) is 9.59 Å². The largest absolute Gasteiger partial charge is 0.444 e. The van der Waals surface area contributed by atoms with Gasteiger partial charge in [0.05, 0.1) is 0 Å². The van der Waals surface area contributed by atoms with Crippen molar-refractivity contribution in [3.05, 3.63) is 0 Å². The number of hydrogen-bond donors (Lipinski definition) is 0. The summed E-state index contributed by atoms with van der Waals surface area (Å²) in [6.45, 7) is 9.33. The van der Waals surface area contributed by atoms with Gasteiger partial charge in [-0.05, 0) is 40.5 Å². The summed E-state index contributed by atoms with van der Waals surface area (Å²) < 4.78 is 5.36. The maximum Gasteiger partial charge on any atom is 0.410 e. The third kappa shape index (κ3) is 3.61. The van der Waals surface area contributed by atoms with E-state index < -0.39 is 5.60 Å². The van der Waals surface area contributed by atoms with Crippen LogP contribution in [0.2, 0.25) is 0 Å². The van der Waals surface area contributed by atoms with E-state index in [0.717, 1.165) is 12.8 Å². The van der Waals surface area contributed by atoms with Gasteiger partial charge in [-0.15, -0.1) is 0 Å². The molecule has 1 heterocycles. The maximum absolute atomic E-state index is 12.1. The molecule has 19 heavy (non-hydrogen) atoms. The number of ether oxygens (including phenoxy) is 1. The van der Waals surface area contributed by atoms with Crippen LogP contribution < -0.4 is 0 Å². The molecule has 5 nitrogen and oxygen atoms in total. The Kier molecular flexibility index (Phi) is 3.74. The van der Waals surface area contributed by atoms with Crippen molar-refractivity contribution < 1.29 is 14.3 Å². The van der Waals surface area contributed by atoms with E-state index in [1.54, 1.807) is 4.90 Å². The molecular formula is C14H24N2O3. The topological polar surface area (TPSA) is 49.9 Å². The molecule has 2 amide bonds. The van der Waals surface area contributed by atoms with E-state index in [0.29, 0.717) is 19.6 Å². The van der Waals surface area contributed by atoms with Crippen molar-refractivity contribution in [3.8, 4) is 0 Å². The second-order valence-electron chi connectivity index (χ2n) is 6.58. The van der Waals surface area contributed by atoms with E-state index in [4.69, 9.17) is 4.74 Å². The van der Waals surface area contributed by atoms with Gasteiger partial charge in [-0.2, -0.15) is 0 Å². The number of carbonyl (C=O) groups excluding carboxylic acids is 2. The van der Waals surface area contributed by atoms with Gasteiger partial charge in [0.25, 0.3) is 0 Å². The molecule has 0 radical (unpaired) electrons. The van der Waals surface area contributed by atoms with Crippen LogP contribution in [0.25, 0.3) is 0 Å². The SMILES string of the molecule is C[C@@H]1CN(C(=O)OC(C)(C)C)CCN1C(=O)C1CC1. The minimum absolute atomic E-state index is 0.0781. The zero-order valence-corrected chi connectivity index (χ0v) is 12.3. The highest BCUT2D eigenvalue weighted by molar-refractivity contribution is 5.81. The normalized spacial score (nSPS) is 24.3. The molecule has 0 N–H and O–H groups in total. The predicted molar refractivity (Wildman–Crippen MR) is 71.7 cm³/mol. The Morgan fingerprint density at radius 3 is 2.26 bits per heavy atom. The molecule has 1 atom stereocenters. The molecule has 2 aliphatic rings. The van der Waals surface area contributed by atoms with Crippen molar-refractivity contribution in [1.82, 2.24) is 9.80 Å². The Balaban J connectivity index is 1.88. The Morgan fingerprint density at radius 1 is 1.16 bits per heavy atom. The van der Waals surface area contributed by atoms with E-state index >= 15 is 0 Å². The van der Waals surface area contributed by atoms with Gasteiger partial charge >= 0.3 is 6.09 Å². The predicted octanol–water partition coefficient (Wildman–Crippen LogP) is 1.86. The van der Waals surface area contributed by atoms with Gasteiger partial charge in [-0.1, -0.05) is 0 Å². The van der Waals surface area contributed by atoms with Gasteiger partial charge < -0.3 is 14.5 Å². The standard InChI is InChI=1S/C14H24N2O3/c1-10-9-15(13(18)19-14(2,3)4)7-8-16(10)12(17)11-5-6-11/h10-11H,5-9H2,1-4H3/t10-/m1/s1. The summed E-state index contributed by atoms with van der Waals surface area (Å²) in [7, 11) is 0. The van der Waals surface area contributed by atoms with Crippen molar-refractivity contribution in [3.63, 3.8) is 0 Å². The van der Waals surface area contributed by atoms with Crippen molar-refractivity contribution >= 4 is 12.0 Å². The summed E-state index contributed by atoms with van der Waals surface area (Å²) in [6, 6.07) is 0.0781. The average molecular weight is 268 g/mol. The first-order valence-corrected chi connectivity index (χ1v) is 7.06. The molecule has 0 aromatic rings. The lowest BCUT2D eigenvalue weighted by Gasteiger charge is -2.40. The van der Waals surface area contributed by atoms with Gasteiger partial charge in [-0.25, -0.2) is 4.79 Å². The molecule has 0 unspecified atom stereocenters. The molecular weight excluding hydrogens is 244 g/mol. The molecule has 0 aromatic heterocycles. The Labute approximate surface area is 114 Å². The van der Waals surface area contributed by atoms with Gasteiger partial charge in [0.1, 0.15) is 5.60 Å². The zero-order chi connectivity index (χ0) is 14.2. The van der Waals surface area contributed by atoms with Crippen LogP contribution in [0.4, 0.5) is 4.79 Å². The highest BCUT2D eigenvalue weighted by atomic mass is 16.6. The van der Waals surface area contributed by atoms with Crippen LogP contribution >= 0.6 is 0 Å². The van der Waals surface area contributed by atoms with Crippen molar-refractivity contribution in [2.45, 2.75) is 52.2 Å². The van der Waals surface area contributed by atoms with E-state index in [2.05, 4.69) is 0 Å². The molecule has 2 rings (SSSR count). The van der Waals surface area contributed by atoms with Gasteiger partial charge in [0.2, 0.25) is 5.91 Å². The quantitative estimate of drug-likeness (QED) is 0.729. The van der Waals surface area contributed by atoms with Crippen LogP contribution in [0.15, 0.2) is 0 Å². The van der Waals surface area contributed by atoms with Crippen molar-refractivity contribution in [2.24, 2.45) is 5.92 Å². The fourth-order valence-electron chi connectivity index (χ4n) is 2.34. The number of carbonyl (C=O) groups is 2. The van der Waals surface area contributed by atoms with Crippen LogP contribution in [0.1, 0.15) is 40.5 Å². The van der Waals surface area contributed by atoms with Crippen LogP contribution in [0.5, 0.6) is 0 Å². The summed E-state index contributed by atoms with van der Waals surface area (Å²) in [4.78, 5) is 27.7. The highest BCUT2D eigenvalue weighted by Crippen LogP contribution is 2.32. The molecule has 2 fully saturated rings. The molecule has 0 spiro atoms. The fourth-order valence-corrected chi connectivity index (χ4v) is 2.34. The minimum Gasteiger partial charge on any atom is -0.444 e. The smallest absolute Gasteiger partial charge is 0.410 e. The molecule has 0 aromatic carbocycles. The molecule has 108 valence electrons. The third-order valence-electron chi connectivity index (χ3n) is 3.49. The number of hydrogen-bond acceptors (Lipinski definition) is 3. The monoisotopic (exact) mass is 268 g/mol. The summed E-state index contributed by atoms with van der Waals surface area (Å²) in [6.07, 6.45) is 1.77. The van der Waals surface area contributed by atoms with Crippen molar-refractivity contribution in [1.29, 1.82) is 0 Å². The van der Waals surface area contributed by atoms with Crippen LogP contribution in [0, 0.1) is 5.92 Å². The molecule has 5 heteroatoms. The van der Waals surface area contributed by atoms with Gasteiger partial charge in [0, 0.05) is 31.6 Å². The molecule has 1 aliphatic carbocycles. The Morgan fingerprint density at radius 2 is 1.79 bits per heavy atom. The lowest BCUT2D eigenvalue weighted by Crippen LogP contribution is -2.56. The Bertz CT molecular complexity index is 371.